The van der Waals surface area contributed by atoms with Crippen LogP contribution in [-0.4, -0.2) is 16.1 Å². The van der Waals surface area contributed by atoms with Crippen molar-refractivity contribution in [3.8, 4) is 0 Å². The van der Waals surface area contributed by atoms with Crippen LogP contribution in [0.25, 0.3) is 0 Å². The number of rotatable bonds is 4. The van der Waals surface area contributed by atoms with Gasteiger partial charge >= 0.3 is 0 Å². The Bertz CT molecular complexity index is 622. The van der Waals surface area contributed by atoms with Crippen LogP contribution >= 0.6 is 12.2 Å². The minimum Gasteiger partial charge on any atom is -0.389 e. The van der Waals surface area contributed by atoms with Gasteiger partial charge in [0.25, 0.3) is 5.91 Å². The van der Waals surface area contributed by atoms with Crippen molar-refractivity contribution >= 4 is 23.1 Å². The van der Waals surface area contributed by atoms with Crippen molar-refractivity contribution in [3.63, 3.8) is 0 Å². The maximum atomic E-state index is 11.9. The fourth-order valence-corrected chi connectivity index (χ4v) is 1.71. The number of nitrogens with two attached hydrogens (primary N) is 1. The maximum absolute atomic E-state index is 11.9. The third-order valence-corrected chi connectivity index (χ3v) is 2.74. The number of carbonyl (C=O) groups is 1. The first kappa shape index (κ1) is 13.2. The third kappa shape index (κ3) is 3.38. The zero-order valence-corrected chi connectivity index (χ0v) is 11.2. The first-order chi connectivity index (χ1) is 9.06. The summed E-state index contributed by atoms with van der Waals surface area (Å²) in [6, 6.07) is 8.62. The first-order valence-corrected chi connectivity index (χ1v) is 6.07. The molecule has 0 atom stereocenters. The first-order valence-electron chi connectivity index (χ1n) is 5.66. The molecular formula is C13H13N3O2S. The molecule has 6 heteroatoms. The molecule has 0 aliphatic carbocycles. The lowest BCUT2D eigenvalue weighted by molar-refractivity contribution is 0.0947. The summed E-state index contributed by atoms with van der Waals surface area (Å²) in [5, 5.41) is 6.48. The molecule has 0 radical (unpaired) electrons. The van der Waals surface area contributed by atoms with Crippen molar-refractivity contribution in [2.24, 2.45) is 5.73 Å². The number of aryl methyl sites for hydroxylation is 1. The van der Waals surface area contributed by atoms with Crippen LogP contribution in [0, 0.1) is 6.92 Å². The van der Waals surface area contributed by atoms with Crippen LogP contribution in [-0.2, 0) is 6.54 Å². The van der Waals surface area contributed by atoms with Crippen molar-refractivity contribution in [1.29, 1.82) is 0 Å². The van der Waals surface area contributed by atoms with Crippen molar-refractivity contribution in [2.75, 3.05) is 0 Å². The Morgan fingerprint density at radius 1 is 1.42 bits per heavy atom. The molecule has 19 heavy (non-hydrogen) atoms. The van der Waals surface area contributed by atoms with Gasteiger partial charge < -0.3 is 15.6 Å². The van der Waals surface area contributed by atoms with Crippen LogP contribution in [0.15, 0.2) is 34.9 Å². The Morgan fingerprint density at radius 2 is 2.16 bits per heavy atom. The number of carbonyl (C=O) groups excluding carboxylic acids is 1. The minimum atomic E-state index is -0.216. The highest BCUT2D eigenvalue weighted by atomic mass is 32.1. The molecule has 0 saturated carbocycles. The van der Waals surface area contributed by atoms with Gasteiger partial charge in [-0.15, -0.1) is 0 Å². The lowest BCUT2D eigenvalue weighted by atomic mass is 10.1. The van der Waals surface area contributed by atoms with Gasteiger partial charge in [0.2, 0.25) is 0 Å². The Morgan fingerprint density at radius 3 is 2.79 bits per heavy atom. The summed E-state index contributed by atoms with van der Waals surface area (Å²) in [7, 11) is 0. The van der Waals surface area contributed by atoms with Crippen LogP contribution in [0.5, 0.6) is 0 Å². The predicted octanol–water partition coefficient (Wildman–Crippen LogP) is 1.55. The van der Waals surface area contributed by atoms with Gasteiger partial charge in [-0.25, -0.2) is 0 Å². The van der Waals surface area contributed by atoms with Gasteiger partial charge in [-0.2, -0.15) is 0 Å². The number of amides is 1. The summed E-state index contributed by atoms with van der Waals surface area (Å²) < 4.78 is 5.01. The SMILES string of the molecule is Cc1cc(CNC(=O)c2cccc(C(N)=S)c2)on1. The van der Waals surface area contributed by atoms with E-state index in [2.05, 4.69) is 10.5 Å². The number of benzene rings is 1. The van der Waals surface area contributed by atoms with Gasteiger partial charge in [-0.1, -0.05) is 29.5 Å². The summed E-state index contributed by atoms with van der Waals surface area (Å²) in [6.07, 6.45) is 0. The molecule has 0 aliphatic rings. The molecule has 1 heterocycles. The molecule has 1 aromatic carbocycles. The second-order valence-corrected chi connectivity index (χ2v) is 4.50. The molecule has 1 aromatic heterocycles. The number of nitrogens with zero attached hydrogens (tertiary/aromatic N) is 1. The maximum Gasteiger partial charge on any atom is 0.251 e. The normalized spacial score (nSPS) is 10.2. The van der Waals surface area contributed by atoms with Crippen LogP contribution in [0.2, 0.25) is 0 Å². The summed E-state index contributed by atoms with van der Waals surface area (Å²) >= 11 is 4.87. The highest BCUT2D eigenvalue weighted by Gasteiger charge is 2.08. The number of thiocarbonyl (C=S) groups is 1. The zero-order chi connectivity index (χ0) is 13.8. The molecule has 3 N–H and O–H groups in total. The number of hydrogen-bond donors (Lipinski definition) is 2. The number of hydrogen-bond acceptors (Lipinski definition) is 4. The van der Waals surface area contributed by atoms with E-state index in [1.807, 2.05) is 6.92 Å². The van der Waals surface area contributed by atoms with E-state index in [0.717, 1.165) is 5.69 Å². The van der Waals surface area contributed by atoms with E-state index in [1.165, 1.54) is 0 Å². The molecule has 0 fully saturated rings. The van der Waals surface area contributed by atoms with Gasteiger partial charge in [0.05, 0.1) is 12.2 Å². The van der Waals surface area contributed by atoms with E-state index >= 15 is 0 Å². The second kappa shape index (κ2) is 5.62. The number of nitrogens with one attached hydrogen (secondary N) is 1. The average Bonchev–Trinajstić information content (AvgIpc) is 2.82. The van der Waals surface area contributed by atoms with Crippen molar-refractivity contribution in [3.05, 3.63) is 52.9 Å². The van der Waals surface area contributed by atoms with Gasteiger partial charge in [-0.3, -0.25) is 4.79 Å². The largest absolute Gasteiger partial charge is 0.389 e. The summed E-state index contributed by atoms with van der Waals surface area (Å²) in [4.78, 5) is 12.2. The standard InChI is InChI=1S/C13H13N3O2S/c1-8-5-11(18-16-8)7-15-13(17)10-4-2-3-9(6-10)12(14)19/h2-6H,7H2,1H3,(H2,14,19)(H,15,17). The molecule has 0 aliphatic heterocycles. The topological polar surface area (TPSA) is 81.2 Å². The molecule has 0 spiro atoms. The lowest BCUT2D eigenvalue weighted by Gasteiger charge is -2.04. The van der Waals surface area contributed by atoms with E-state index in [9.17, 15) is 4.79 Å². The van der Waals surface area contributed by atoms with Crippen LogP contribution in [0.4, 0.5) is 0 Å². The van der Waals surface area contributed by atoms with Crippen LogP contribution in [0.3, 0.4) is 0 Å². The molecule has 0 unspecified atom stereocenters. The summed E-state index contributed by atoms with van der Waals surface area (Å²) in [5.41, 5.74) is 7.47. The van der Waals surface area contributed by atoms with Crippen LogP contribution in [0.1, 0.15) is 27.4 Å². The second-order valence-electron chi connectivity index (χ2n) is 4.06. The van der Waals surface area contributed by atoms with Crippen LogP contribution < -0.4 is 11.1 Å². The van der Waals surface area contributed by atoms with Gasteiger partial charge in [0, 0.05) is 17.2 Å². The molecule has 2 rings (SSSR count). The molecule has 2 aromatic rings. The Labute approximate surface area is 115 Å². The monoisotopic (exact) mass is 275 g/mol. The van der Waals surface area contributed by atoms with E-state index in [0.29, 0.717) is 16.9 Å². The van der Waals surface area contributed by atoms with E-state index in [4.69, 9.17) is 22.5 Å². The highest BCUT2D eigenvalue weighted by molar-refractivity contribution is 7.80. The Balaban J connectivity index is 2.03. The lowest BCUT2D eigenvalue weighted by Crippen LogP contribution is -2.23. The fraction of sp³-hybridized carbons (Fsp3) is 0.154. The smallest absolute Gasteiger partial charge is 0.251 e. The molecule has 0 saturated heterocycles. The van der Waals surface area contributed by atoms with Crippen molar-refractivity contribution in [2.45, 2.75) is 13.5 Å². The summed E-state index contributed by atoms with van der Waals surface area (Å²) in [6.45, 7) is 2.11. The highest BCUT2D eigenvalue weighted by Crippen LogP contribution is 2.06. The van der Waals surface area contributed by atoms with Gasteiger partial charge in [0.1, 0.15) is 4.99 Å². The molecule has 5 nitrogen and oxygen atoms in total. The van der Waals surface area contributed by atoms with Crippen molar-refractivity contribution in [1.82, 2.24) is 10.5 Å². The van der Waals surface area contributed by atoms with E-state index in [1.54, 1.807) is 30.3 Å². The molecular weight excluding hydrogens is 262 g/mol. The van der Waals surface area contributed by atoms with Gasteiger partial charge in [0.15, 0.2) is 5.76 Å². The molecule has 1 amide bonds. The molecule has 98 valence electrons. The fourth-order valence-electron chi connectivity index (χ4n) is 1.58. The van der Waals surface area contributed by atoms with Crippen molar-refractivity contribution < 1.29 is 9.32 Å². The zero-order valence-electron chi connectivity index (χ0n) is 10.3. The third-order valence-electron chi connectivity index (χ3n) is 2.51. The Hall–Kier alpha value is -2.21. The van der Waals surface area contributed by atoms with E-state index < -0.39 is 0 Å². The Kier molecular flexibility index (Phi) is 3.91. The minimum absolute atomic E-state index is 0.216. The average molecular weight is 275 g/mol. The van der Waals surface area contributed by atoms with Gasteiger partial charge in [-0.05, 0) is 19.1 Å². The van der Waals surface area contributed by atoms with E-state index in [-0.39, 0.29) is 17.4 Å². The predicted molar refractivity (Wildman–Crippen MR) is 74.7 cm³/mol. The molecule has 0 bridgehead atoms. The number of aromatic nitrogens is 1. The quantitative estimate of drug-likeness (QED) is 0.827. The summed E-state index contributed by atoms with van der Waals surface area (Å²) in [5.74, 6) is 0.392.